The lowest BCUT2D eigenvalue weighted by Gasteiger charge is -2.17. The zero-order valence-electron chi connectivity index (χ0n) is 17.5. The summed E-state index contributed by atoms with van der Waals surface area (Å²) in [5.74, 6) is -0.777. The Kier molecular flexibility index (Phi) is 6.60. The van der Waals surface area contributed by atoms with Crippen LogP contribution in [0.25, 0.3) is 0 Å². The Bertz CT molecular complexity index is 1190. The van der Waals surface area contributed by atoms with Gasteiger partial charge in [0.1, 0.15) is 5.82 Å². The molecule has 0 saturated carbocycles. The van der Waals surface area contributed by atoms with Crippen LogP contribution in [0.2, 0.25) is 0 Å². The number of sulfonamides is 1. The largest absolute Gasteiger partial charge is 0.375 e. The van der Waals surface area contributed by atoms with E-state index in [1.807, 2.05) is 32.2 Å². The second-order valence-electron chi connectivity index (χ2n) is 7.11. The zero-order chi connectivity index (χ0) is 22.6. The summed E-state index contributed by atoms with van der Waals surface area (Å²) in [4.78, 5) is 14.6. The standard InChI is InChI=1S/C23H24FN3O3S/c1-4-27(3)20-7-5-6-19(15-20)25-23(28)17-8-10-18(11-9-17)26-31(29,30)21-12-13-22(24)16(2)14-21/h5-15,26H,4H2,1-3H3,(H,25,28). The van der Waals surface area contributed by atoms with Crippen molar-refractivity contribution in [3.05, 3.63) is 83.7 Å². The number of hydrogen-bond donors (Lipinski definition) is 2. The van der Waals surface area contributed by atoms with Gasteiger partial charge in [-0.3, -0.25) is 9.52 Å². The average molecular weight is 442 g/mol. The molecule has 0 aliphatic heterocycles. The number of amides is 1. The lowest BCUT2D eigenvalue weighted by Crippen LogP contribution is -2.17. The first-order valence-electron chi connectivity index (χ1n) is 9.71. The number of hydrogen-bond acceptors (Lipinski definition) is 4. The zero-order valence-corrected chi connectivity index (χ0v) is 18.3. The predicted octanol–water partition coefficient (Wildman–Crippen LogP) is 4.64. The minimum atomic E-state index is -3.87. The molecule has 8 heteroatoms. The third-order valence-corrected chi connectivity index (χ3v) is 6.24. The van der Waals surface area contributed by atoms with Gasteiger partial charge in [0.2, 0.25) is 0 Å². The van der Waals surface area contributed by atoms with Crippen LogP contribution >= 0.6 is 0 Å². The first-order valence-corrected chi connectivity index (χ1v) is 11.2. The van der Waals surface area contributed by atoms with Crippen LogP contribution in [0.15, 0.2) is 71.6 Å². The summed E-state index contributed by atoms with van der Waals surface area (Å²) < 4.78 is 40.9. The highest BCUT2D eigenvalue weighted by Crippen LogP contribution is 2.21. The van der Waals surface area contributed by atoms with E-state index in [1.54, 1.807) is 6.07 Å². The van der Waals surface area contributed by atoms with Crippen molar-refractivity contribution >= 4 is 33.0 Å². The van der Waals surface area contributed by atoms with Crippen LogP contribution in [-0.2, 0) is 10.0 Å². The molecular formula is C23H24FN3O3S. The number of halogens is 1. The first-order chi connectivity index (χ1) is 14.7. The Labute approximate surface area is 181 Å². The lowest BCUT2D eigenvalue weighted by atomic mass is 10.2. The summed E-state index contributed by atoms with van der Waals surface area (Å²) in [6.07, 6.45) is 0. The van der Waals surface area contributed by atoms with Crippen molar-refractivity contribution in [3.8, 4) is 0 Å². The minimum absolute atomic E-state index is 0.0369. The first kappa shape index (κ1) is 22.3. The molecule has 0 aliphatic carbocycles. The van der Waals surface area contributed by atoms with E-state index >= 15 is 0 Å². The fourth-order valence-electron chi connectivity index (χ4n) is 2.89. The molecule has 1 amide bonds. The van der Waals surface area contributed by atoms with Gasteiger partial charge in [-0.1, -0.05) is 6.07 Å². The van der Waals surface area contributed by atoms with Crippen molar-refractivity contribution in [3.63, 3.8) is 0 Å². The van der Waals surface area contributed by atoms with Gasteiger partial charge in [0.25, 0.3) is 15.9 Å². The molecule has 3 aromatic carbocycles. The van der Waals surface area contributed by atoms with E-state index in [1.165, 1.54) is 43.3 Å². The molecule has 6 nitrogen and oxygen atoms in total. The van der Waals surface area contributed by atoms with E-state index < -0.39 is 15.8 Å². The molecule has 0 aliphatic rings. The summed E-state index contributed by atoms with van der Waals surface area (Å²) in [6.45, 7) is 4.38. The molecule has 0 atom stereocenters. The van der Waals surface area contributed by atoms with E-state index in [-0.39, 0.29) is 16.4 Å². The Morgan fingerprint density at radius 1 is 1.00 bits per heavy atom. The molecule has 0 fully saturated rings. The smallest absolute Gasteiger partial charge is 0.261 e. The number of aryl methyl sites for hydroxylation is 1. The number of carbonyl (C=O) groups excluding carboxylic acids is 1. The van der Waals surface area contributed by atoms with Gasteiger partial charge in [0, 0.05) is 36.2 Å². The number of nitrogens with one attached hydrogen (secondary N) is 2. The van der Waals surface area contributed by atoms with Gasteiger partial charge < -0.3 is 10.2 Å². The van der Waals surface area contributed by atoms with Gasteiger partial charge in [-0.2, -0.15) is 0 Å². The Morgan fingerprint density at radius 3 is 2.35 bits per heavy atom. The molecule has 162 valence electrons. The molecule has 0 heterocycles. The van der Waals surface area contributed by atoms with Crippen LogP contribution in [0, 0.1) is 12.7 Å². The van der Waals surface area contributed by atoms with Crippen LogP contribution in [0.3, 0.4) is 0 Å². The maximum absolute atomic E-state index is 13.4. The normalized spacial score (nSPS) is 11.1. The highest BCUT2D eigenvalue weighted by Gasteiger charge is 2.16. The van der Waals surface area contributed by atoms with E-state index in [9.17, 15) is 17.6 Å². The molecule has 31 heavy (non-hydrogen) atoms. The number of rotatable bonds is 7. The molecule has 0 unspecified atom stereocenters. The molecule has 0 saturated heterocycles. The Hall–Kier alpha value is -3.39. The van der Waals surface area contributed by atoms with E-state index in [0.29, 0.717) is 16.9 Å². The van der Waals surface area contributed by atoms with Crippen molar-refractivity contribution in [2.24, 2.45) is 0 Å². The van der Waals surface area contributed by atoms with Crippen LogP contribution < -0.4 is 14.9 Å². The Balaban J connectivity index is 1.71. The lowest BCUT2D eigenvalue weighted by molar-refractivity contribution is 0.102. The fourth-order valence-corrected chi connectivity index (χ4v) is 4.04. The third kappa shape index (κ3) is 5.40. The van der Waals surface area contributed by atoms with Crippen LogP contribution in [0.5, 0.6) is 0 Å². The van der Waals surface area contributed by atoms with Gasteiger partial charge in [-0.05, 0) is 80.1 Å². The summed E-state index contributed by atoms with van der Waals surface area (Å²) in [7, 11) is -1.91. The monoisotopic (exact) mass is 441 g/mol. The molecule has 0 spiro atoms. The Morgan fingerprint density at radius 2 is 1.71 bits per heavy atom. The maximum Gasteiger partial charge on any atom is 0.261 e. The molecule has 2 N–H and O–H groups in total. The number of nitrogens with zero attached hydrogens (tertiary/aromatic N) is 1. The van der Waals surface area contributed by atoms with Gasteiger partial charge >= 0.3 is 0 Å². The quantitative estimate of drug-likeness (QED) is 0.560. The van der Waals surface area contributed by atoms with Gasteiger partial charge in [0.05, 0.1) is 4.90 Å². The van der Waals surface area contributed by atoms with Crippen molar-refractivity contribution in [1.82, 2.24) is 0 Å². The van der Waals surface area contributed by atoms with Crippen LogP contribution in [0.4, 0.5) is 21.5 Å². The molecule has 0 radical (unpaired) electrons. The van der Waals surface area contributed by atoms with Crippen molar-refractivity contribution in [2.45, 2.75) is 18.7 Å². The minimum Gasteiger partial charge on any atom is -0.375 e. The topological polar surface area (TPSA) is 78.5 Å². The summed E-state index contributed by atoms with van der Waals surface area (Å²) >= 11 is 0. The van der Waals surface area contributed by atoms with E-state index in [4.69, 9.17) is 0 Å². The molecule has 3 aromatic rings. The van der Waals surface area contributed by atoms with E-state index in [2.05, 4.69) is 14.9 Å². The molecule has 0 bridgehead atoms. The highest BCUT2D eigenvalue weighted by atomic mass is 32.2. The summed E-state index contributed by atoms with van der Waals surface area (Å²) in [5.41, 5.74) is 2.57. The van der Waals surface area contributed by atoms with Crippen LogP contribution in [0.1, 0.15) is 22.8 Å². The fraction of sp³-hybridized carbons (Fsp3) is 0.174. The molecular weight excluding hydrogens is 417 g/mol. The van der Waals surface area contributed by atoms with E-state index in [0.717, 1.165) is 18.3 Å². The van der Waals surface area contributed by atoms with Crippen LogP contribution in [-0.4, -0.2) is 27.9 Å². The van der Waals surface area contributed by atoms with Crippen molar-refractivity contribution in [2.75, 3.05) is 28.5 Å². The second-order valence-corrected chi connectivity index (χ2v) is 8.79. The predicted molar refractivity (Wildman–Crippen MR) is 122 cm³/mol. The maximum atomic E-state index is 13.4. The highest BCUT2D eigenvalue weighted by molar-refractivity contribution is 7.92. The third-order valence-electron chi connectivity index (χ3n) is 4.86. The van der Waals surface area contributed by atoms with Crippen molar-refractivity contribution in [1.29, 1.82) is 0 Å². The van der Waals surface area contributed by atoms with Gasteiger partial charge in [-0.25, -0.2) is 12.8 Å². The SMILES string of the molecule is CCN(C)c1cccc(NC(=O)c2ccc(NS(=O)(=O)c3ccc(F)c(C)c3)cc2)c1. The van der Waals surface area contributed by atoms with Gasteiger partial charge in [-0.15, -0.1) is 0 Å². The number of benzene rings is 3. The number of anilines is 3. The second kappa shape index (κ2) is 9.18. The van der Waals surface area contributed by atoms with Gasteiger partial charge in [0.15, 0.2) is 0 Å². The average Bonchev–Trinajstić information content (AvgIpc) is 2.75. The summed E-state index contributed by atoms with van der Waals surface area (Å²) in [6, 6.07) is 17.2. The molecule has 0 aromatic heterocycles. The molecule has 3 rings (SSSR count). The summed E-state index contributed by atoms with van der Waals surface area (Å²) in [5, 5.41) is 2.84. The number of carbonyl (C=O) groups is 1. The van der Waals surface area contributed by atoms with Crippen molar-refractivity contribution < 1.29 is 17.6 Å².